The number of carbonyl (C=O) groups is 1. The van der Waals surface area contributed by atoms with Crippen molar-refractivity contribution >= 4 is 13.8 Å². The first-order valence-corrected chi connectivity index (χ1v) is 25.7. The lowest BCUT2D eigenvalue weighted by Gasteiger charge is -2.19. The molecule has 334 valence electrons. The van der Waals surface area contributed by atoms with Crippen LogP contribution in [0.15, 0.2) is 12.3 Å². The topological polar surface area (TPSA) is 117 Å². The normalized spacial score (nSPS) is 13.4. The summed E-state index contributed by atoms with van der Waals surface area (Å²) in [5.74, 6) is -0.345. The van der Waals surface area contributed by atoms with Gasteiger partial charge in [0.2, 0.25) is 0 Å². The van der Waals surface area contributed by atoms with Crippen molar-refractivity contribution in [1.29, 1.82) is 0 Å². The van der Waals surface area contributed by atoms with Crippen LogP contribution in [0.1, 0.15) is 251 Å². The highest BCUT2D eigenvalue weighted by Gasteiger charge is 2.25. The van der Waals surface area contributed by atoms with E-state index in [2.05, 4.69) is 13.8 Å². The van der Waals surface area contributed by atoms with Gasteiger partial charge in [-0.05, 0) is 25.3 Å². The van der Waals surface area contributed by atoms with Gasteiger partial charge in [-0.2, -0.15) is 0 Å². The van der Waals surface area contributed by atoms with E-state index >= 15 is 0 Å². The monoisotopic (exact) mass is 816 g/mol. The predicted octanol–water partition coefficient (Wildman–Crippen LogP) is 15.0. The van der Waals surface area contributed by atoms with Crippen LogP contribution in [0.4, 0.5) is 0 Å². The second kappa shape index (κ2) is 45.2. The minimum Gasteiger partial charge on any atom is -0.498 e. The highest BCUT2D eigenvalue weighted by Crippen LogP contribution is 2.43. The SMILES string of the molecule is CCCCCCCCCCCCCCCCC=COCC(COP(=O)(O)OCCN)OC(=O)CCCCCCCCCCCCCCCCCCCCCCC. The third kappa shape index (κ3) is 44.2. The number of hydrogen-bond acceptors (Lipinski definition) is 7. The fourth-order valence-corrected chi connectivity index (χ4v) is 7.97. The molecule has 0 amide bonds. The van der Waals surface area contributed by atoms with Crippen molar-refractivity contribution < 1.29 is 32.8 Å². The van der Waals surface area contributed by atoms with E-state index < -0.39 is 13.9 Å². The first kappa shape index (κ1) is 55.1. The molecule has 2 atom stereocenters. The van der Waals surface area contributed by atoms with Crippen LogP contribution in [0.5, 0.6) is 0 Å². The van der Waals surface area contributed by atoms with Gasteiger partial charge in [0.25, 0.3) is 0 Å². The van der Waals surface area contributed by atoms with E-state index in [1.807, 2.05) is 6.08 Å². The Morgan fingerprint density at radius 2 is 0.893 bits per heavy atom. The number of carbonyl (C=O) groups excluding carboxylic acids is 1. The molecule has 3 N–H and O–H groups in total. The summed E-state index contributed by atoms with van der Waals surface area (Å²) in [6.45, 7) is 4.30. The number of nitrogens with two attached hydrogens (primary N) is 1. The Balaban J connectivity index is 3.95. The Kier molecular flexibility index (Phi) is 44.4. The van der Waals surface area contributed by atoms with Gasteiger partial charge >= 0.3 is 13.8 Å². The maximum atomic E-state index is 12.6. The largest absolute Gasteiger partial charge is 0.498 e. The van der Waals surface area contributed by atoms with Gasteiger partial charge in [-0.25, -0.2) is 4.57 Å². The molecule has 0 spiro atoms. The zero-order valence-corrected chi connectivity index (χ0v) is 38.0. The van der Waals surface area contributed by atoms with Crippen molar-refractivity contribution in [2.45, 2.75) is 258 Å². The van der Waals surface area contributed by atoms with Gasteiger partial charge in [0.15, 0.2) is 6.10 Å². The molecule has 0 aliphatic heterocycles. The van der Waals surface area contributed by atoms with E-state index in [1.54, 1.807) is 6.26 Å². The second-order valence-corrected chi connectivity index (χ2v) is 17.9. The standard InChI is InChI=1S/C47H94NO7P/c1-3-5-7-9-11-13-15-17-19-21-22-23-24-25-26-28-30-32-34-36-38-40-47(49)55-46(45-54-56(50,51)53-43-41-48)44-52-42-39-37-35-33-31-29-27-20-18-16-14-12-10-8-6-4-2/h39,42,46H,3-38,40-41,43-45,48H2,1-2H3,(H,50,51). The molecule has 56 heavy (non-hydrogen) atoms. The zero-order valence-electron chi connectivity index (χ0n) is 37.1. The van der Waals surface area contributed by atoms with Crippen LogP contribution in [0.25, 0.3) is 0 Å². The van der Waals surface area contributed by atoms with E-state index in [-0.39, 0.29) is 32.3 Å². The van der Waals surface area contributed by atoms with Crippen molar-refractivity contribution in [3.8, 4) is 0 Å². The summed E-state index contributed by atoms with van der Waals surface area (Å²) in [6.07, 6.45) is 50.5. The number of ether oxygens (including phenoxy) is 2. The number of esters is 1. The summed E-state index contributed by atoms with van der Waals surface area (Å²) in [4.78, 5) is 22.5. The molecular weight excluding hydrogens is 721 g/mol. The summed E-state index contributed by atoms with van der Waals surface area (Å²) >= 11 is 0. The summed E-state index contributed by atoms with van der Waals surface area (Å²) in [7, 11) is -4.29. The molecule has 0 radical (unpaired) electrons. The lowest BCUT2D eigenvalue weighted by atomic mass is 10.0. The Labute approximate surface area is 347 Å². The van der Waals surface area contributed by atoms with Gasteiger partial charge in [-0.15, -0.1) is 0 Å². The maximum absolute atomic E-state index is 12.6. The third-order valence-corrected chi connectivity index (χ3v) is 11.8. The van der Waals surface area contributed by atoms with E-state index in [9.17, 15) is 14.3 Å². The van der Waals surface area contributed by atoms with Crippen molar-refractivity contribution in [2.24, 2.45) is 5.73 Å². The molecule has 0 fully saturated rings. The zero-order chi connectivity index (χ0) is 40.9. The van der Waals surface area contributed by atoms with Gasteiger partial charge in [0, 0.05) is 13.0 Å². The highest BCUT2D eigenvalue weighted by atomic mass is 31.2. The summed E-state index contributed by atoms with van der Waals surface area (Å²) < 4.78 is 33.3. The number of phosphoric acid groups is 1. The molecule has 0 aromatic rings. The van der Waals surface area contributed by atoms with Gasteiger partial charge in [-0.1, -0.05) is 226 Å². The summed E-state index contributed by atoms with van der Waals surface area (Å²) in [5.41, 5.74) is 5.37. The average molecular weight is 816 g/mol. The van der Waals surface area contributed by atoms with E-state index in [0.717, 1.165) is 32.1 Å². The van der Waals surface area contributed by atoms with Crippen molar-refractivity contribution in [3.05, 3.63) is 12.3 Å². The highest BCUT2D eigenvalue weighted by molar-refractivity contribution is 7.47. The Bertz CT molecular complexity index is 873. The fraction of sp³-hybridized carbons (Fsp3) is 0.936. The van der Waals surface area contributed by atoms with Crippen LogP contribution in [0, 0.1) is 0 Å². The number of unbranched alkanes of at least 4 members (excludes halogenated alkanes) is 34. The molecule has 2 unspecified atom stereocenters. The summed E-state index contributed by atoms with van der Waals surface area (Å²) in [6, 6.07) is 0. The van der Waals surface area contributed by atoms with E-state index in [0.29, 0.717) is 6.42 Å². The minimum absolute atomic E-state index is 0.0389. The molecule has 0 saturated carbocycles. The fourth-order valence-electron chi connectivity index (χ4n) is 7.20. The molecular formula is C47H94NO7P. The quantitative estimate of drug-likeness (QED) is 0.0270. The second-order valence-electron chi connectivity index (χ2n) is 16.4. The van der Waals surface area contributed by atoms with Crippen molar-refractivity contribution in [3.63, 3.8) is 0 Å². The molecule has 0 bridgehead atoms. The smallest absolute Gasteiger partial charge is 0.472 e. The lowest BCUT2D eigenvalue weighted by Crippen LogP contribution is -2.27. The molecule has 8 nitrogen and oxygen atoms in total. The average Bonchev–Trinajstić information content (AvgIpc) is 3.19. The molecule has 0 aliphatic carbocycles. The predicted molar refractivity (Wildman–Crippen MR) is 238 cm³/mol. The third-order valence-electron chi connectivity index (χ3n) is 10.8. The Hall–Kier alpha value is -0.920. The van der Waals surface area contributed by atoms with E-state index in [4.69, 9.17) is 24.3 Å². The van der Waals surface area contributed by atoms with Crippen LogP contribution < -0.4 is 5.73 Å². The van der Waals surface area contributed by atoms with Crippen molar-refractivity contribution in [2.75, 3.05) is 26.4 Å². The first-order chi connectivity index (χ1) is 27.4. The van der Waals surface area contributed by atoms with Gasteiger partial charge in [0.05, 0.1) is 19.5 Å². The van der Waals surface area contributed by atoms with Crippen LogP contribution in [-0.4, -0.2) is 43.3 Å². The number of allylic oxidation sites excluding steroid dienone is 1. The van der Waals surface area contributed by atoms with Crippen LogP contribution in [0.2, 0.25) is 0 Å². The molecule has 0 aromatic carbocycles. The first-order valence-electron chi connectivity index (χ1n) is 24.2. The van der Waals surface area contributed by atoms with Gasteiger partial charge in [-0.3, -0.25) is 13.8 Å². The molecule has 0 aliphatic rings. The molecule has 9 heteroatoms. The molecule has 0 aromatic heterocycles. The summed E-state index contributed by atoms with van der Waals surface area (Å²) in [5, 5.41) is 0. The molecule has 0 heterocycles. The van der Waals surface area contributed by atoms with Gasteiger partial charge in [0.1, 0.15) is 6.61 Å². The van der Waals surface area contributed by atoms with E-state index in [1.165, 1.54) is 199 Å². The van der Waals surface area contributed by atoms with Crippen LogP contribution >= 0.6 is 7.82 Å². The van der Waals surface area contributed by atoms with Crippen LogP contribution in [-0.2, 0) is 27.9 Å². The Morgan fingerprint density at radius 3 is 1.27 bits per heavy atom. The number of hydrogen-bond donors (Lipinski definition) is 2. The van der Waals surface area contributed by atoms with Crippen LogP contribution in [0.3, 0.4) is 0 Å². The Morgan fingerprint density at radius 1 is 0.536 bits per heavy atom. The maximum Gasteiger partial charge on any atom is 0.472 e. The van der Waals surface area contributed by atoms with Gasteiger partial charge < -0.3 is 20.1 Å². The van der Waals surface area contributed by atoms with Crippen molar-refractivity contribution in [1.82, 2.24) is 0 Å². The number of rotatable bonds is 47. The molecule has 0 rings (SSSR count). The molecule has 0 saturated heterocycles. The minimum atomic E-state index is -4.29. The number of phosphoric ester groups is 1. The lowest BCUT2D eigenvalue weighted by molar-refractivity contribution is -0.153.